The van der Waals surface area contributed by atoms with E-state index in [1.807, 2.05) is 0 Å². The van der Waals surface area contributed by atoms with Crippen molar-refractivity contribution < 1.29 is 19.1 Å². The molecule has 0 saturated heterocycles. The first-order chi connectivity index (χ1) is 7.09. The molecule has 0 saturated carbocycles. The number of ketones is 1. The van der Waals surface area contributed by atoms with Crippen molar-refractivity contribution in [2.45, 2.75) is 19.1 Å². The second-order valence-corrected chi connectivity index (χ2v) is 4.18. The van der Waals surface area contributed by atoms with Gasteiger partial charge in [0.05, 0.1) is 5.75 Å². The van der Waals surface area contributed by atoms with Crippen LogP contribution >= 0.6 is 11.8 Å². The zero-order valence-corrected chi connectivity index (χ0v) is 9.17. The molecule has 0 fully saturated rings. The zero-order chi connectivity index (χ0) is 11.3. The molecular formula is C10H12O4S. The molecule has 0 aromatic carbocycles. The summed E-state index contributed by atoms with van der Waals surface area (Å²) in [6.45, 7) is 1.55. The topological polar surface area (TPSA) is 67.5 Å². The molecule has 0 atom stereocenters. The molecule has 1 heterocycles. The van der Waals surface area contributed by atoms with Gasteiger partial charge < -0.3 is 9.52 Å². The smallest absolute Gasteiger partial charge is 0.371 e. The van der Waals surface area contributed by atoms with Crippen LogP contribution in [-0.2, 0) is 10.5 Å². The van der Waals surface area contributed by atoms with Gasteiger partial charge >= 0.3 is 5.97 Å². The van der Waals surface area contributed by atoms with E-state index in [1.165, 1.54) is 6.07 Å². The number of rotatable bonds is 6. The number of carboxylic acid groups (broad SMARTS) is 1. The highest BCUT2D eigenvalue weighted by Gasteiger charge is 2.08. The van der Waals surface area contributed by atoms with Crippen LogP contribution in [0.15, 0.2) is 16.5 Å². The van der Waals surface area contributed by atoms with E-state index in [9.17, 15) is 9.59 Å². The minimum Gasteiger partial charge on any atom is -0.475 e. The lowest BCUT2D eigenvalue weighted by Gasteiger charge is -1.96. The number of carbonyl (C=O) groups excluding carboxylic acids is 1. The fourth-order valence-corrected chi connectivity index (χ4v) is 1.89. The summed E-state index contributed by atoms with van der Waals surface area (Å²) in [5.41, 5.74) is 0. The van der Waals surface area contributed by atoms with Crippen molar-refractivity contribution in [3.8, 4) is 0 Å². The molecule has 0 aliphatic carbocycles. The maximum Gasteiger partial charge on any atom is 0.371 e. The largest absolute Gasteiger partial charge is 0.475 e. The lowest BCUT2D eigenvalue weighted by Crippen LogP contribution is -1.93. The van der Waals surface area contributed by atoms with Gasteiger partial charge in [0.25, 0.3) is 0 Å². The summed E-state index contributed by atoms with van der Waals surface area (Å²) in [7, 11) is 0. The molecule has 82 valence electrons. The Kier molecular flexibility index (Phi) is 4.42. The van der Waals surface area contributed by atoms with E-state index in [0.29, 0.717) is 17.9 Å². The van der Waals surface area contributed by atoms with Gasteiger partial charge in [-0.15, -0.1) is 0 Å². The number of thioether (sulfide) groups is 1. The molecule has 1 aromatic rings. The van der Waals surface area contributed by atoms with E-state index < -0.39 is 5.97 Å². The fraction of sp³-hybridized carbons (Fsp3) is 0.400. The first kappa shape index (κ1) is 11.8. The van der Waals surface area contributed by atoms with Crippen molar-refractivity contribution in [1.29, 1.82) is 0 Å². The predicted octanol–water partition coefficient (Wildman–Crippen LogP) is 2.19. The lowest BCUT2D eigenvalue weighted by atomic mass is 10.4. The van der Waals surface area contributed by atoms with E-state index in [0.717, 1.165) is 5.75 Å². The van der Waals surface area contributed by atoms with Gasteiger partial charge in [0.15, 0.2) is 0 Å². The molecule has 4 nitrogen and oxygen atoms in total. The first-order valence-corrected chi connectivity index (χ1v) is 5.64. The molecular weight excluding hydrogens is 216 g/mol. The normalized spacial score (nSPS) is 10.2. The molecule has 0 unspecified atom stereocenters. The summed E-state index contributed by atoms with van der Waals surface area (Å²) in [6, 6.07) is 3.08. The first-order valence-electron chi connectivity index (χ1n) is 4.49. The highest BCUT2D eigenvalue weighted by molar-refractivity contribution is 7.98. The van der Waals surface area contributed by atoms with Crippen LogP contribution in [0.1, 0.15) is 29.7 Å². The van der Waals surface area contributed by atoms with Crippen molar-refractivity contribution in [2.24, 2.45) is 0 Å². The SMILES string of the molecule is CC(=O)CCSCc1ccc(C(=O)O)o1. The molecule has 1 aromatic heterocycles. The molecule has 15 heavy (non-hydrogen) atoms. The van der Waals surface area contributed by atoms with Gasteiger partial charge in [-0.1, -0.05) is 0 Å². The molecule has 0 aliphatic heterocycles. The van der Waals surface area contributed by atoms with Crippen LogP contribution in [-0.4, -0.2) is 22.6 Å². The average Bonchev–Trinajstić information content (AvgIpc) is 2.60. The molecule has 1 N–H and O–H groups in total. The molecule has 5 heteroatoms. The number of hydrogen-bond acceptors (Lipinski definition) is 4. The highest BCUT2D eigenvalue weighted by Crippen LogP contribution is 2.16. The summed E-state index contributed by atoms with van der Waals surface area (Å²) in [5, 5.41) is 8.60. The predicted molar refractivity (Wildman–Crippen MR) is 57.1 cm³/mol. The van der Waals surface area contributed by atoms with E-state index in [1.54, 1.807) is 24.8 Å². The van der Waals surface area contributed by atoms with Gasteiger partial charge in [0.2, 0.25) is 5.76 Å². The Morgan fingerprint density at radius 2 is 2.20 bits per heavy atom. The second-order valence-electron chi connectivity index (χ2n) is 3.08. The molecule has 0 spiro atoms. The Morgan fingerprint density at radius 1 is 1.47 bits per heavy atom. The van der Waals surface area contributed by atoms with Crippen LogP contribution in [0.5, 0.6) is 0 Å². The Labute approximate surface area is 91.7 Å². The maximum atomic E-state index is 10.6. The lowest BCUT2D eigenvalue weighted by molar-refractivity contribution is -0.116. The fourth-order valence-electron chi connectivity index (χ4n) is 0.959. The molecule has 1 rings (SSSR count). The second kappa shape index (κ2) is 5.60. The van der Waals surface area contributed by atoms with Crippen molar-refractivity contribution in [2.75, 3.05) is 5.75 Å². The standard InChI is InChI=1S/C10H12O4S/c1-7(11)4-5-15-6-8-2-3-9(14-8)10(12)13/h2-3H,4-6H2,1H3,(H,12,13). The van der Waals surface area contributed by atoms with Gasteiger partial charge in [0.1, 0.15) is 11.5 Å². The third kappa shape index (κ3) is 4.20. The van der Waals surface area contributed by atoms with Gasteiger partial charge in [-0.25, -0.2) is 4.79 Å². The minimum atomic E-state index is -1.06. The monoisotopic (exact) mass is 228 g/mol. The number of carboxylic acids is 1. The number of hydrogen-bond donors (Lipinski definition) is 1. The maximum absolute atomic E-state index is 10.6. The molecule has 0 bridgehead atoms. The zero-order valence-electron chi connectivity index (χ0n) is 8.36. The highest BCUT2D eigenvalue weighted by atomic mass is 32.2. The quantitative estimate of drug-likeness (QED) is 0.756. The average molecular weight is 228 g/mol. The van der Waals surface area contributed by atoms with Crippen LogP contribution < -0.4 is 0 Å². The molecule has 0 amide bonds. The third-order valence-corrected chi connectivity index (χ3v) is 2.70. The summed E-state index contributed by atoms with van der Waals surface area (Å²) in [6.07, 6.45) is 0.539. The van der Waals surface area contributed by atoms with Crippen molar-refractivity contribution in [3.05, 3.63) is 23.7 Å². The Bertz CT molecular complexity index is 356. The van der Waals surface area contributed by atoms with Crippen molar-refractivity contribution >= 4 is 23.5 Å². The summed E-state index contributed by atoms with van der Waals surface area (Å²) < 4.78 is 5.05. The van der Waals surface area contributed by atoms with Gasteiger partial charge in [-0.05, 0) is 19.1 Å². The van der Waals surface area contributed by atoms with Crippen molar-refractivity contribution in [1.82, 2.24) is 0 Å². The summed E-state index contributed by atoms with van der Waals surface area (Å²) in [5.74, 6) is 1.01. The number of carbonyl (C=O) groups is 2. The minimum absolute atomic E-state index is 0.0443. The number of furan rings is 1. The summed E-state index contributed by atoms with van der Waals surface area (Å²) >= 11 is 1.55. The third-order valence-electron chi connectivity index (χ3n) is 1.72. The van der Waals surface area contributed by atoms with Crippen LogP contribution in [0.4, 0.5) is 0 Å². The van der Waals surface area contributed by atoms with E-state index in [-0.39, 0.29) is 11.5 Å². The van der Waals surface area contributed by atoms with Gasteiger partial charge in [0, 0.05) is 12.2 Å². The molecule has 0 aliphatic rings. The Hall–Kier alpha value is -1.23. The summed E-state index contributed by atoms with van der Waals surface area (Å²) in [4.78, 5) is 21.1. The van der Waals surface area contributed by atoms with E-state index in [4.69, 9.17) is 9.52 Å². The van der Waals surface area contributed by atoms with Crippen molar-refractivity contribution in [3.63, 3.8) is 0 Å². The number of aromatic carboxylic acids is 1. The van der Waals surface area contributed by atoms with E-state index >= 15 is 0 Å². The van der Waals surface area contributed by atoms with Crippen LogP contribution in [0.2, 0.25) is 0 Å². The van der Waals surface area contributed by atoms with E-state index in [2.05, 4.69) is 0 Å². The van der Waals surface area contributed by atoms with Crippen LogP contribution in [0, 0.1) is 0 Å². The Morgan fingerprint density at radius 3 is 2.73 bits per heavy atom. The van der Waals surface area contributed by atoms with Gasteiger partial charge in [-0.3, -0.25) is 4.79 Å². The number of Topliss-reactive ketones (excluding diaryl/α,β-unsaturated/α-hetero) is 1. The van der Waals surface area contributed by atoms with Crippen LogP contribution in [0.3, 0.4) is 0 Å². The Balaban J connectivity index is 2.31. The van der Waals surface area contributed by atoms with Crippen LogP contribution in [0.25, 0.3) is 0 Å². The van der Waals surface area contributed by atoms with Gasteiger partial charge in [-0.2, -0.15) is 11.8 Å². The molecule has 0 radical (unpaired) electrons.